The molecule has 0 aromatic heterocycles. The molecule has 0 bridgehead atoms. The van der Waals surface area contributed by atoms with E-state index in [0.29, 0.717) is 25.3 Å². The van der Waals surface area contributed by atoms with Crippen molar-refractivity contribution in [2.45, 2.75) is 13.8 Å². The largest absolute Gasteiger partial charge is 0.384 e. The van der Waals surface area contributed by atoms with Gasteiger partial charge in [0.2, 0.25) is 10.0 Å². The number of anilines is 1. The summed E-state index contributed by atoms with van der Waals surface area (Å²) in [6.07, 6.45) is 0. The summed E-state index contributed by atoms with van der Waals surface area (Å²) in [7, 11) is -3.11. The number of hydrogen-bond acceptors (Lipinski definition) is 4. The normalized spacial score (nSPS) is 16.5. The van der Waals surface area contributed by atoms with Crippen LogP contribution in [0.3, 0.4) is 0 Å². The Morgan fingerprint density at radius 3 is 2.67 bits per heavy atom. The molecule has 0 spiro atoms. The number of carbonyl (C=O) groups is 1. The van der Waals surface area contributed by atoms with Crippen LogP contribution in [0.25, 0.3) is 0 Å². The van der Waals surface area contributed by atoms with Crippen LogP contribution in [0, 0.1) is 11.7 Å². The predicted molar refractivity (Wildman–Crippen MR) is 79.4 cm³/mol. The Bertz CT molecular complexity index is 640. The van der Waals surface area contributed by atoms with Gasteiger partial charge in [0.25, 0.3) is 0 Å². The van der Waals surface area contributed by atoms with Crippen LogP contribution in [0.1, 0.15) is 24.2 Å². The molecule has 0 unspecified atom stereocenters. The SMILES string of the molecule is CCS(=O)(=O)N1CC(CNc2cccc(F)c2C(C)=O)C1. The molecule has 1 aromatic rings. The van der Waals surface area contributed by atoms with Crippen molar-refractivity contribution in [2.24, 2.45) is 5.92 Å². The lowest BCUT2D eigenvalue weighted by Gasteiger charge is -2.38. The molecule has 116 valence electrons. The van der Waals surface area contributed by atoms with E-state index in [2.05, 4.69) is 5.32 Å². The molecule has 2 rings (SSSR count). The van der Waals surface area contributed by atoms with Gasteiger partial charge in [-0.2, -0.15) is 0 Å². The number of halogens is 1. The van der Waals surface area contributed by atoms with E-state index in [1.165, 1.54) is 17.3 Å². The molecule has 7 heteroatoms. The standard InChI is InChI=1S/C14H19FN2O3S/c1-3-21(19,20)17-8-11(9-17)7-16-13-6-4-5-12(15)14(13)10(2)18/h4-6,11,16H,3,7-9H2,1-2H3. The number of sulfonamides is 1. The lowest BCUT2D eigenvalue weighted by atomic mass is 10.0. The van der Waals surface area contributed by atoms with Gasteiger partial charge in [-0.05, 0) is 26.0 Å². The first-order valence-electron chi connectivity index (χ1n) is 6.86. The molecule has 0 atom stereocenters. The van der Waals surface area contributed by atoms with Gasteiger partial charge in [-0.1, -0.05) is 6.07 Å². The maximum absolute atomic E-state index is 13.6. The molecular weight excluding hydrogens is 295 g/mol. The molecule has 0 radical (unpaired) electrons. The summed E-state index contributed by atoms with van der Waals surface area (Å²) in [5.41, 5.74) is 0.508. The van der Waals surface area contributed by atoms with Gasteiger partial charge in [-0.3, -0.25) is 4.79 Å². The van der Waals surface area contributed by atoms with Gasteiger partial charge < -0.3 is 5.32 Å². The Labute approximate surface area is 124 Å². The molecule has 1 aliphatic heterocycles. The molecule has 0 amide bonds. The number of carbonyl (C=O) groups excluding carboxylic acids is 1. The van der Waals surface area contributed by atoms with Crippen molar-refractivity contribution in [3.8, 4) is 0 Å². The smallest absolute Gasteiger partial charge is 0.213 e. The van der Waals surface area contributed by atoms with Crippen LogP contribution >= 0.6 is 0 Å². The maximum Gasteiger partial charge on any atom is 0.213 e. The molecule has 0 saturated carbocycles. The summed E-state index contributed by atoms with van der Waals surface area (Å²) in [5, 5.41) is 3.05. The van der Waals surface area contributed by atoms with Crippen LogP contribution in [0.15, 0.2) is 18.2 Å². The third-order valence-corrected chi connectivity index (χ3v) is 5.44. The summed E-state index contributed by atoms with van der Waals surface area (Å²) in [6, 6.07) is 4.44. The zero-order valence-corrected chi connectivity index (χ0v) is 12.9. The molecule has 1 aromatic carbocycles. The van der Waals surface area contributed by atoms with Crippen molar-refractivity contribution in [3.63, 3.8) is 0 Å². The van der Waals surface area contributed by atoms with Crippen molar-refractivity contribution in [2.75, 3.05) is 30.7 Å². The monoisotopic (exact) mass is 314 g/mol. The Morgan fingerprint density at radius 2 is 2.10 bits per heavy atom. The fourth-order valence-electron chi connectivity index (χ4n) is 2.34. The van der Waals surface area contributed by atoms with Crippen LogP contribution in [0.2, 0.25) is 0 Å². The summed E-state index contributed by atoms with van der Waals surface area (Å²) < 4.78 is 38.3. The van der Waals surface area contributed by atoms with Crippen molar-refractivity contribution in [1.29, 1.82) is 0 Å². The van der Waals surface area contributed by atoms with Crippen LogP contribution in [0.4, 0.5) is 10.1 Å². The van der Waals surface area contributed by atoms with E-state index in [1.807, 2.05) is 0 Å². The number of nitrogens with zero attached hydrogens (tertiary/aromatic N) is 1. The van der Waals surface area contributed by atoms with E-state index in [9.17, 15) is 17.6 Å². The van der Waals surface area contributed by atoms with E-state index in [0.717, 1.165) is 0 Å². The molecule has 5 nitrogen and oxygen atoms in total. The van der Waals surface area contributed by atoms with Gasteiger partial charge in [0.15, 0.2) is 5.78 Å². The first-order valence-corrected chi connectivity index (χ1v) is 8.47. The maximum atomic E-state index is 13.6. The van der Waals surface area contributed by atoms with Gasteiger partial charge in [0, 0.05) is 31.2 Å². The first-order chi connectivity index (χ1) is 9.85. The zero-order valence-electron chi connectivity index (χ0n) is 12.1. The van der Waals surface area contributed by atoms with Crippen molar-refractivity contribution in [1.82, 2.24) is 4.31 Å². The Balaban J connectivity index is 1.95. The summed E-state index contributed by atoms with van der Waals surface area (Å²) in [4.78, 5) is 11.5. The van der Waals surface area contributed by atoms with Gasteiger partial charge in [-0.25, -0.2) is 17.1 Å². The molecule has 21 heavy (non-hydrogen) atoms. The zero-order chi connectivity index (χ0) is 15.6. The second-order valence-corrected chi connectivity index (χ2v) is 7.44. The number of benzene rings is 1. The second kappa shape index (κ2) is 6.11. The molecule has 0 aliphatic carbocycles. The van der Waals surface area contributed by atoms with Gasteiger partial charge in [0.05, 0.1) is 11.3 Å². The molecule has 1 saturated heterocycles. The minimum Gasteiger partial charge on any atom is -0.384 e. The number of hydrogen-bond donors (Lipinski definition) is 1. The fourth-order valence-corrected chi connectivity index (χ4v) is 3.59. The average Bonchev–Trinajstić information content (AvgIpc) is 2.36. The lowest BCUT2D eigenvalue weighted by Crippen LogP contribution is -2.52. The molecule has 1 fully saturated rings. The summed E-state index contributed by atoms with van der Waals surface area (Å²) >= 11 is 0. The summed E-state index contributed by atoms with van der Waals surface area (Å²) in [6.45, 7) is 4.39. The lowest BCUT2D eigenvalue weighted by molar-refractivity contribution is 0.101. The number of Topliss-reactive ketones (excluding diaryl/α,β-unsaturated/α-hetero) is 1. The minimum atomic E-state index is -3.11. The van der Waals surface area contributed by atoms with Gasteiger partial charge in [-0.15, -0.1) is 0 Å². The highest BCUT2D eigenvalue weighted by Gasteiger charge is 2.34. The highest BCUT2D eigenvalue weighted by molar-refractivity contribution is 7.89. The highest BCUT2D eigenvalue weighted by Crippen LogP contribution is 2.23. The molecule has 1 heterocycles. The van der Waals surface area contributed by atoms with E-state index in [-0.39, 0.29) is 23.0 Å². The topological polar surface area (TPSA) is 66.5 Å². The van der Waals surface area contributed by atoms with E-state index in [1.54, 1.807) is 19.1 Å². The molecule has 1 N–H and O–H groups in total. The number of rotatable bonds is 6. The van der Waals surface area contributed by atoms with Crippen molar-refractivity contribution >= 4 is 21.5 Å². The Kier molecular flexibility index (Phi) is 4.63. The van der Waals surface area contributed by atoms with Gasteiger partial charge >= 0.3 is 0 Å². The van der Waals surface area contributed by atoms with Crippen LogP contribution in [-0.4, -0.2) is 43.9 Å². The molecule has 1 aliphatic rings. The molecular formula is C14H19FN2O3S. The Hall–Kier alpha value is -1.47. The third kappa shape index (κ3) is 3.41. The van der Waals surface area contributed by atoms with E-state index in [4.69, 9.17) is 0 Å². The number of ketones is 1. The Morgan fingerprint density at radius 1 is 1.43 bits per heavy atom. The predicted octanol–water partition coefficient (Wildman–Crippen LogP) is 1.72. The first kappa shape index (κ1) is 15.9. The van der Waals surface area contributed by atoms with E-state index >= 15 is 0 Å². The quantitative estimate of drug-likeness (QED) is 0.812. The van der Waals surface area contributed by atoms with Crippen LogP contribution in [0.5, 0.6) is 0 Å². The highest BCUT2D eigenvalue weighted by atomic mass is 32.2. The minimum absolute atomic E-state index is 0.0508. The second-order valence-electron chi connectivity index (χ2n) is 5.18. The fraction of sp³-hybridized carbons (Fsp3) is 0.500. The van der Waals surface area contributed by atoms with Crippen LogP contribution in [-0.2, 0) is 10.0 Å². The summed E-state index contributed by atoms with van der Waals surface area (Å²) in [5.74, 6) is -0.601. The van der Waals surface area contributed by atoms with Gasteiger partial charge in [0.1, 0.15) is 5.82 Å². The number of nitrogens with one attached hydrogen (secondary N) is 1. The van der Waals surface area contributed by atoms with E-state index < -0.39 is 15.8 Å². The van der Waals surface area contributed by atoms with Crippen molar-refractivity contribution in [3.05, 3.63) is 29.6 Å². The van der Waals surface area contributed by atoms with Crippen LogP contribution < -0.4 is 5.32 Å². The average molecular weight is 314 g/mol. The third-order valence-electron chi connectivity index (χ3n) is 3.63. The van der Waals surface area contributed by atoms with Crippen molar-refractivity contribution < 1.29 is 17.6 Å².